The molecular formula is C14H13ClOS. The highest BCUT2D eigenvalue weighted by atomic mass is 35.5. The van der Waals surface area contributed by atoms with Gasteiger partial charge >= 0.3 is 0 Å². The Morgan fingerprint density at radius 2 is 1.65 bits per heavy atom. The zero-order valence-corrected chi connectivity index (χ0v) is 10.8. The summed E-state index contributed by atoms with van der Waals surface area (Å²) in [7, 11) is 0. The van der Waals surface area contributed by atoms with E-state index < -0.39 is 6.10 Å². The molecule has 0 aliphatic rings. The fourth-order valence-electron chi connectivity index (χ4n) is 1.48. The molecule has 3 heteroatoms. The molecule has 0 saturated heterocycles. The van der Waals surface area contributed by atoms with E-state index >= 15 is 0 Å². The number of thioether (sulfide) groups is 1. The number of benzene rings is 2. The number of aliphatic hydroxyl groups is 1. The first-order valence-corrected chi connectivity index (χ1v) is 6.73. The van der Waals surface area contributed by atoms with Crippen molar-refractivity contribution < 1.29 is 5.11 Å². The van der Waals surface area contributed by atoms with Crippen molar-refractivity contribution >= 4 is 23.4 Å². The Kier molecular flexibility index (Phi) is 4.49. The Hall–Kier alpha value is -0.960. The van der Waals surface area contributed by atoms with Crippen molar-refractivity contribution in [1.29, 1.82) is 0 Å². The fourth-order valence-corrected chi connectivity index (χ4v) is 2.47. The highest BCUT2D eigenvalue weighted by molar-refractivity contribution is 7.99. The summed E-state index contributed by atoms with van der Waals surface area (Å²) in [5.74, 6) is 0.644. The summed E-state index contributed by atoms with van der Waals surface area (Å²) < 4.78 is 0. The molecule has 0 aliphatic heterocycles. The van der Waals surface area contributed by atoms with Crippen molar-refractivity contribution in [1.82, 2.24) is 0 Å². The lowest BCUT2D eigenvalue weighted by atomic mass is 10.1. The van der Waals surface area contributed by atoms with E-state index in [1.165, 1.54) is 0 Å². The SMILES string of the molecule is O[C@H](CSc1ccc(Cl)cc1)c1ccccc1. The lowest BCUT2D eigenvalue weighted by Crippen LogP contribution is -1.99. The molecule has 1 N–H and O–H groups in total. The van der Waals surface area contributed by atoms with Gasteiger partial charge in [0.05, 0.1) is 6.10 Å². The molecule has 0 aromatic heterocycles. The molecule has 88 valence electrons. The smallest absolute Gasteiger partial charge is 0.0883 e. The molecule has 17 heavy (non-hydrogen) atoms. The lowest BCUT2D eigenvalue weighted by Gasteiger charge is -2.10. The van der Waals surface area contributed by atoms with E-state index in [1.54, 1.807) is 11.8 Å². The monoisotopic (exact) mass is 264 g/mol. The van der Waals surface area contributed by atoms with Crippen molar-refractivity contribution in [3.05, 3.63) is 65.2 Å². The van der Waals surface area contributed by atoms with Gasteiger partial charge in [0.1, 0.15) is 0 Å². The van der Waals surface area contributed by atoms with Gasteiger partial charge in [0.15, 0.2) is 0 Å². The minimum Gasteiger partial charge on any atom is -0.388 e. The average molecular weight is 265 g/mol. The molecule has 2 rings (SSSR count). The van der Waals surface area contributed by atoms with Crippen LogP contribution in [0.15, 0.2) is 59.5 Å². The average Bonchev–Trinajstić information content (AvgIpc) is 2.39. The third-order valence-corrected chi connectivity index (χ3v) is 3.75. The maximum Gasteiger partial charge on any atom is 0.0883 e. The van der Waals surface area contributed by atoms with E-state index in [-0.39, 0.29) is 0 Å². The minimum atomic E-state index is -0.433. The van der Waals surface area contributed by atoms with E-state index in [1.807, 2.05) is 54.6 Å². The van der Waals surface area contributed by atoms with Crippen LogP contribution in [0.25, 0.3) is 0 Å². The van der Waals surface area contributed by atoms with Gasteiger partial charge < -0.3 is 5.11 Å². The zero-order valence-electron chi connectivity index (χ0n) is 9.21. The number of hydrogen-bond acceptors (Lipinski definition) is 2. The number of aliphatic hydroxyl groups excluding tert-OH is 1. The second-order valence-corrected chi connectivity index (χ2v) is 5.22. The molecule has 1 nitrogen and oxygen atoms in total. The molecule has 0 fully saturated rings. The third kappa shape index (κ3) is 3.77. The fraction of sp³-hybridized carbons (Fsp3) is 0.143. The van der Waals surface area contributed by atoms with E-state index in [0.717, 1.165) is 15.5 Å². The summed E-state index contributed by atoms with van der Waals surface area (Å²) >= 11 is 7.44. The van der Waals surface area contributed by atoms with Crippen LogP contribution < -0.4 is 0 Å². The van der Waals surface area contributed by atoms with Gasteiger partial charge in [-0.2, -0.15) is 0 Å². The van der Waals surface area contributed by atoms with E-state index in [2.05, 4.69) is 0 Å². The van der Waals surface area contributed by atoms with Crippen LogP contribution in [0.3, 0.4) is 0 Å². The maximum atomic E-state index is 9.99. The van der Waals surface area contributed by atoms with Crippen molar-refractivity contribution in [2.24, 2.45) is 0 Å². The molecule has 0 radical (unpaired) electrons. The van der Waals surface area contributed by atoms with Crippen LogP contribution in [0.2, 0.25) is 5.02 Å². The zero-order chi connectivity index (χ0) is 12.1. The maximum absolute atomic E-state index is 9.99. The normalized spacial score (nSPS) is 12.4. The number of rotatable bonds is 4. The first kappa shape index (κ1) is 12.5. The Bertz CT molecular complexity index is 455. The summed E-state index contributed by atoms with van der Waals surface area (Å²) in [5, 5.41) is 10.7. The standard InChI is InChI=1S/C14H13ClOS/c15-12-6-8-13(9-7-12)17-10-14(16)11-4-2-1-3-5-11/h1-9,14,16H,10H2/t14-/m1/s1. The predicted molar refractivity (Wildman–Crippen MR) is 73.6 cm³/mol. The van der Waals surface area contributed by atoms with E-state index in [9.17, 15) is 5.11 Å². The molecule has 0 spiro atoms. The predicted octanol–water partition coefficient (Wildman–Crippen LogP) is 4.17. The lowest BCUT2D eigenvalue weighted by molar-refractivity contribution is 0.204. The highest BCUT2D eigenvalue weighted by Crippen LogP contribution is 2.25. The number of hydrogen-bond donors (Lipinski definition) is 1. The van der Waals surface area contributed by atoms with Crippen LogP contribution in [0.4, 0.5) is 0 Å². The molecular weight excluding hydrogens is 252 g/mol. The first-order chi connectivity index (χ1) is 8.25. The highest BCUT2D eigenvalue weighted by Gasteiger charge is 2.07. The van der Waals surface area contributed by atoms with Gasteiger partial charge in [-0.1, -0.05) is 41.9 Å². The third-order valence-electron chi connectivity index (χ3n) is 2.41. The molecule has 0 saturated carbocycles. The topological polar surface area (TPSA) is 20.2 Å². The second-order valence-electron chi connectivity index (χ2n) is 3.69. The molecule has 0 amide bonds. The summed E-state index contributed by atoms with van der Waals surface area (Å²) in [4.78, 5) is 1.12. The Morgan fingerprint density at radius 1 is 1.00 bits per heavy atom. The second kappa shape index (κ2) is 6.10. The molecule has 2 aromatic carbocycles. The van der Waals surface area contributed by atoms with Crippen molar-refractivity contribution in [3.8, 4) is 0 Å². The largest absolute Gasteiger partial charge is 0.388 e. The van der Waals surface area contributed by atoms with Crippen LogP contribution in [0.5, 0.6) is 0 Å². The molecule has 0 bridgehead atoms. The van der Waals surface area contributed by atoms with Crippen LogP contribution in [-0.4, -0.2) is 10.9 Å². The summed E-state index contributed by atoms with van der Waals surface area (Å²) in [5.41, 5.74) is 0.953. The van der Waals surface area contributed by atoms with Gasteiger partial charge in [0.2, 0.25) is 0 Å². The van der Waals surface area contributed by atoms with Gasteiger partial charge in [0, 0.05) is 15.7 Å². The summed E-state index contributed by atoms with van der Waals surface area (Å²) in [6.45, 7) is 0. The van der Waals surface area contributed by atoms with Gasteiger partial charge in [-0.15, -0.1) is 11.8 Å². The molecule has 2 aromatic rings. The van der Waals surface area contributed by atoms with Gasteiger partial charge in [-0.25, -0.2) is 0 Å². The van der Waals surface area contributed by atoms with Crippen LogP contribution in [0.1, 0.15) is 11.7 Å². The van der Waals surface area contributed by atoms with Crippen LogP contribution >= 0.6 is 23.4 Å². The first-order valence-electron chi connectivity index (χ1n) is 5.37. The Balaban J connectivity index is 1.92. The van der Waals surface area contributed by atoms with E-state index in [0.29, 0.717) is 5.75 Å². The summed E-state index contributed by atoms with van der Waals surface area (Å²) in [6.07, 6.45) is -0.433. The van der Waals surface area contributed by atoms with Gasteiger partial charge in [-0.05, 0) is 29.8 Å². The van der Waals surface area contributed by atoms with Gasteiger partial charge in [-0.3, -0.25) is 0 Å². The molecule has 0 aliphatic carbocycles. The molecule has 0 heterocycles. The minimum absolute atomic E-state index is 0.433. The van der Waals surface area contributed by atoms with Crippen LogP contribution in [-0.2, 0) is 0 Å². The van der Waals surface area contributed by atoms with Crippen molar-refractivity contribution in [2.45, 2.75) is 11.0 Å². The number of halogens is 1. The summed E-state index contributed by atoms with van der Waals surface area (Å²) in [6, 6.07) is 17.3. The quantitative estimate of drug-likeness (QED) is 0.837. The Labute approximate surface area is 110 Å². The molecule has 0 unspecified atom stereocenters. The van der Waals surface area contributed by atoms with Gasteiger partial charge in [0.25, 0.3) is 0 Å². The Morgan fingerprint density at radius 3 is 2.29 bits per heavy atom. The van der Waals surface area contributed by atoms with Crippen molar-refractivity contribution in [2.75, 3.05) is 5.75 Å². The molecule has 1 atom stereocenters. The van der Waals surface area contributed by atoms with Crippen molar-refractivity contribution in [3.63, 3.8) is 0 Å². The van der Waals surface area contributed by atoms with Crippen LogP contribution in [0, 0.1) is 0 Å². The van der Waals surface area contributed by atoms with E-state index in [4.69, 9.17) is 11.6 Å².